The molecule has 0 bridgehead atoms. The Balaban J connectivity index is 2.10. The topological polar surface area (TPSA) is 44.5 Å². The zero-order valence-electron chi connectivity index (χ0n) is 10.9. The zero-order chi connectivity index (χ0) is 13.8. The highest BCUT2D eigenvalue weighted by molar-refractivity contribution is 6.32. The third-order valence-electron chi connectivity index (χ3n) is 2.78. The summed E-state index contributed by atoms with van der Waals surface area (Å²) in [4.78, 5) is 0. The van der Waals surface area contributed by atoms with Crippen molar-refractivity contribution in [3.8, 4) is 11.5 Å². The molecular weight excluding hydrogens is 262 g/mol. The second-order valence-corrected chi connectivity index (χ2v) is 4.71. The summed E-state index contributed by atoms with van der Waals surface area (Å²) in [6.45, 7) is 2.41. The largest absolute Gasteiger partial charge is 0.495 e. The first-order valence-corrected chi connectivity index (χ1v) is 6.29. The predicted molar refractivity (Wildman–Crippen MR) is 77.9 cm³/mol. The molecule has 0 heterocycles. The van der Waals surface area contributed by atoms with Crippen molar-refractivity contribution in [2.75, 3.05) is 12.8 Å². The lowest BCUT2D eigenvalue weighted by molar-refractivity contribution is 0.306. The normalized spacial score (nSPS) is 10.3. The van der Waals surface area contributed by atoms with Crippen molar-refractivity contribution >= 4 is 17.3 Å². The molecule has 0 saturated carbocycles. The quantitative estimate of drug-likeness (QED) is 0.864. The highest BCUT2D eigenvalue weighted by Crippen LogP contribution is 2.27. The van der Waals surface area contributed by atoms with Crippen molar-refractivity contribution in [1.82, 2.24) is 0 Å². The Morgan fingerprint density at radius 3 is 2.58 bits per heavy atom. The summed E-state index contributed by atoms with van der Waals surface area (Å²) in [5.41, 5.74) is 8.52. The highest BCUT2D eigenvalue weighted by atomic mass is 35.5. The van der Waals surface area contributed by atoms with Gasteiger partial charge < -0.3 is 15.2 Å². The standard InChI is InChI=1S/C15H16ClNO2/c1-10-3-5-12(16)15(7-10)19-9-11-4-6-14(18-2)13(17)8-11/h3-8H,9,17H2,1-2H3. The molecular formula is C15H16ClNO2. The minimum Gasteiger partial charge on any atom is -0.495 e. The van der Waals surface area contributed by atoms with Crippen molar-refractivity contribution in [2.24, 2.45) is 0 Å². The van der Waals surface area contributed by atoms with Gasteiger partial charge in [-0.1, -0.05) is 23.7 Å². The Bertz CT molecular complexity index is 584. The number of hydrogen-bond acceptors (Lipinski definition) is 3. The van der Waals surface area contributed by atoms with Gasteiger partial charge in [-0.25, -0.2) is 0 Å². The minimum atomic E-state index is 0.414. The van der Waals surface area contributed by atoms with Crippen LogP contribution in [0.4, 0.5) is 5.69 Å². The Morgan fingerprint density at radius 2 is 1.89 bits per heavy atom. The Labute approximate surface area is 117 Å². The van der Waals surface area contributed by atoms with Gasteiger partial charge in [0, 0.05) is 0 Å². The van der Waals surface area contributed by atoms with Crippen LogP contribution in [0.25, 0.3) is 0 Å². The van der Waals surface area contributed by atoms with Crippen LogP contribution in [0.2, 0.25) is 5.02 Å². The maximum atomic E-state index is 6.07. The van der Waals surface area contributed by atoms with Crippen LogP contribution < -0.4 is 15.2 Å². The van der Waals surface area contributed by atoms with Crippen LogP contribution in [0.1, 0.15) is 11.1 Å². The van der Waals surface area contributed by atoms with Crippen molar-refractivity contribution in [2.45, 2.75) is 13.5 Å². The molecule has 2 aromatic rings. The van der Waals surface area contributed by atoms with Crippen LogP contribution in [-0.4, -0.2) is 7.11 Å². The number of benzene rings is 2. The Hall–Kier alpha value is -1.87. The number of anilines is 1. The lowest BCUT2D eigenvalue weighted by Crippen LogP contribution is -1.99. The van der Waals surface area contributed by atoms with E-state index in [2.05, 4.69) is 0 Å². The summed E-state index contributed by atoms with van der Waals surface area (Å²) in [5, 5.41) is 0.604. The molecule has 3 nitrogen and oxygen atoms in total. The van der Waals surface area contributed by atoms with Crippen LogP contribution in [0.5, 0.6) is 11.5 Å². The Morgan fingerprint density at radius 1 is 1.11 bits per heavy atom. The molecule has 0 fully saturated rings. The van der Waals surface area contributed by atoms with E-state index in [0.717, 1.165) is 11.1 Å². The molecule has 0 aromatic heterocycles. The predicted octanol–water partition coefficient (Wildman–Crippen LogP) is 3.82. The van der Waals surface area contributed by atoms with Crippen LogP contribution in [-0.2, 0) is 6.61 Å². The molecule has 0 saturated heterocycles. The molecule has 0 unspecified atom stereocenters. The van der Waals surface area contributed by atoms with E-state index in [1.807, 2.05) is 43.3 Å². The summed E-state index contributed by atoms with van der Waals surface area (Å²) in [6, 6.07) is 11.3. The number of hydrogen-bond donors (Lipinski definition) is 1. The van der Waals surface area contributed by atoms with Gasteiger partial charge in [-0.2, -0.15) is 0 Å². The molecule has 0 aliphatic carbocycles. The lowest BCUT2D eigenvalue weighted by atomic mass is 10.2. The minimum absolute atomic E-state index is 0.414. The van der Waals surface area contributed by atoms with Gasteiger partial charge >= 0.3 is 0 Å². The van der Waals surface area contributed by atoms with Gasteiger partial charge in [0.05, 0.1) is 17.8 Å². The summed E-state index contributed by atoms with van der Waals surface area (Å²) in [5.74, 6) is 1.34. The molecule has 2 N–H and O–H groups in total. The summed E-state index contributed by atoms with van der Waals surface area (Å²) in [7, 11) is 1.59. The van der Waals surface area contributed by atoms with Gasteiger partial charge in [0.25, 0.3) is 0 Å². The second-order valence-electron chi connectivity index (χ2n) is 4.30. The lowest BCUT2D eigenvalue weighted by Gasteiger charge is -2.10. The third kappa shape index (κ3) is 3.32. The van der Waals surface area contributed by atoms with E-state index in [4.69, 9.17) is 26.8 Å². The second kappa shape index (κ2) is 5.85. The fraction of sp³-hybridized carbons (Fsp3) is 0.200. The molecule has 0 atom stereocenters. The highest BCUT2D eigenvalue weighted by Gasteiger charge is 2.04. The number of methoxy groups -OCH3 is 1. The maximum absolute atomic E-state index is 6.07. The average Bonchev–Trinajstić information content (AvgIpc) is 2.40. The van der Waals surface area contributed by atoms with E-state index < -0.39 is 0 Å². The van der Waals surface area contributed by atoms with E-state index in [1.54, 1.807) is 7.11 Å². The van der Waals surface area contributed by atoms with Crippen LogP contribution in [0.3, 0.4) is 0 Å². The molecule has 19 heavy (non-hydrogen) atoms. The zero-order valence-corrected chi connectivity index (χ0v) is 11.7. The number of nitrogens with two attached hydrogens (primary N) is 1. The summed E-state index contributed by atoms with van der Waals surface area (Å²) in [6.07, 6.45) is 0. The molecule has 0 amide bonds. The van der Waals surface area contributed by atoms with Gasteiger partial charge in [0.2, 0.25) is 0 Å². The molecule has 0 spiro atoms. The first-order valence-electron chi connectivity index (χ1n) is 5.91. The SMILES string of the molecule is COc1ccc(COc2cc(C)ccc2Cl)cc1N. The average molecular weight is 278 g/mol. The van der Waals surface area contributed by atoms with Gasteiger partial charge in [0.1, 0.15) is 18.1 Å². The van der Waals surface area contributed by atoms with E-state index in [1.165, 1.54) is 0 Å². The van der Waals surface area contributed by atoms with E-state index >= 15 is 0 Å². The van der Waals surface area contributed by atoms with Gasteiger partial charge in [-0.3, -0.25) is 0 Å². The van der Waals surface area contributed by atoms with Gasteiger partial charge in [-0.15, -0.1) is 0 Å². The Kier molecular flexibility index (Phi) is 4.17. The number of rotatable bonds is 4. The number of aryl methyl sites for hydroxylation is 1. The molecule has 0 radical (unpaired) electrons. The first-order chi connectivity index (χ1) is 9.10. The van der Waals surface area contributed by atoms with Gasteiger partial charge in [0.15, 0.2) is 0 Å². The fourth-order valence-electron chi connectivity index (χ4n) is 1.76. The molecule has 2 rings (SSSR count). The first kappa shape index (κ1) is 13.6. The number of ether oxygens (including phenoxy) is 2. The van der Waals surface area contributed by atoms with Crippen molar-refractivity contribution in [3.63, 3.8) is 0 Å². The van der Waals surface area contributed by atoms with Crippen LogP contribution >= 0.6 is 11.6 Å². The van der Waals surface area contributed by atoms with Crippen molar-refractivity contribution in [3.05, 3.63) is 52.5 Å². The van der Waals surface area contributed by atoms with Gasteiger partial charge in [-0.05, 0) is 42.3 Å². The molecule has 100 valence electrons. The fourth-order valence-corrected chi connectivity index (χ4v) is 1.93. The molecule has 4 heteroatoms. The number of nitrogen functional groups attached to an aromatic ring is 1. The third-order valence-corrected chi connectivity index (χ3v) is 3.09. The van der Waals surface area contributed by atoms with E-state index in [0.29, 0.717) is 28.8 Å². The van der Waals surface area contributed by atoms with Crippen molar-refractivity contribution < 1.29 is 9.47 Å². The van der Waals surface area contributed by atoms with E-state index in [-0.39, 0.29) is 0 Å². The van der Waals surface area contributed by atoms with Crippen LogP contribution in [0.15, 0.2) is 36.4 Å². The van der Waals surface area contributed by atoms with Crippen LogP contribution in [0, 0.1) is 6.92 Å². The molecule has 0 aliphatic heterocycles. The van der Waals surface area contributed by atoms with E-state index in [9.17, 15) is 0 Å². The maximum Gasteiger partial charge on any atom is 0.141 e. The number of halogens is 1. The summed E-state index contributed by atoms with van der Waals surface area (Å²) < 4.78 is 10.8. The molecule has 2 aromatic carbocycles. The molecule has 0 aliphatic rings. The smallest absolute Gasteiger partial charge is 0.141 e. The summed E-state index contributed by atoms with van der Waals surface area (Å²) >= 11 is 6.07. The monoisotopic (exact) mass is 277 g/mol. The van der Waals surface area contributed by atoms with Crippen molar-refractivity contribution in [1.29, 1.82) is 0 Å².